The summed E-state index contributed by atoms with van der Waals surface area (Å²) in [5.74, 6) is -0.146. The van der Waals surface area contributed by atoms with Crippen LogP contribution < -0.4 is 10.3 Å². The Morgan fingerprint density at radius 3 is 2.26 bits per heavy atom. The molecule has 0 saturated heterocycles. The van der Waals surface area contributed by atoms with Gasteiger partial charge >= 0.3 is 0 Å². The van der Waals surface area contributed by atoms with Crippen LogP contribution in [0.4, 0.5) is 5.69 Å². The van der Waals surface area contributed by atoms with Crippen LogP contribution in [0.25, 0.3) is 5.57 Å². The third-order valence-electron chi connectivity index (χ3n) is 3.01. The van der Waals surface area contributed by atoms with E-state index >= 15 is 0 Å². The summed E-state index contributed by atoms with van der Waals surface area (Å²) < 4.78 is 0. The molecule has 3 N–H and O–H groups in total. The lowest BCUT2D eigenvalue weighted by molar-refractivity contribution is -0.114. The van der Waals surface area contributed by atoms with Gasteiger partial charge in [0, 0.05) is 32.8 Å². The first kappa shape index (κ1) is 13.1. The van der Waals surface area contributed by atoms with Gasteiger partial charge in [0.25, 0.3) is 0 Å². The summed E-state index contributed by atoms with van der Waals surface area (Å²) in [5.41, 5.74) is 2.90. The number of rotatable bonds is 3. The Morgan fingerprint density at radius 2 is 1.84 bits per heavy atom. The first-order valence-electron chi connectivity index (χ1n) is 5.98. The lowest BCUT2D eigenvalue weighted by Crippen LogP contribution is -2.37. The van der Waals surface area contributed by atoms with Crippen molar-refractivity contribution in [1.82, 2.24) is 0 Å². The molecular formula is C15H17N2O2+. The van der Waals surface area contributed by atoms with Crippen molar-refractivity contribution >= 4 is 22.8 Å². The van der Waals surface area contributed by atoms with Crippen LogP contribution >= 0.6 is 0 Å². The highest BCUT2D eigenvalue weighted by molar-refractivity contribution is 6.39. The number of hydrogen-bond acceptors (Lipinski definition) is 3. The predicted octanol–water partition coefficient (Wildman–Crippen LogP) is 0.751. The van der Waals surface area contributed by atoms with E-state index in [0.29, 0.717) is 11.3 Å². The normalized spacial score (nSPS) is 16.6. The summed E-state index contributed by atoms with van der Waals surface area (Å²) in [6.07, 6.45) is 1.50. The summed E-state index contributed by atoms with van der Waals surface area (Å²) in [7, 11) is 3.89. The van der Waals surface area contributed by atoms with E-state index in [1.54, 1.807) is 6.92 Å². The Balaban J connectivity index is 2.36. The first-order valence-corrected chi connectivity index (χ1v) is 5.98. The second-order valence-corrected chi connectivity index (χ2v) is 4.80. The van der Waals surface area contributed by atoms with E-state index in [4.69, 9.17) is 5.41 Å². The van der Waals surface area contributed by atoms with Gasteiger partial charge in [-0.15, -0.1) is 0 Å². The van der Waals surface area contributed by atoms with Gasteiger partial charge < -0.3 is 10.0 Å². The molecule has 98 valence electrons. The lowest BCUT2D eigenvalue weighted by Gasteiger charge is -2.21. The van der Waals surface area contributed by atoms with Crippen LogP contribution in [0.1, 0.15) is 12.5 Å². The number of hydrogen-bond donors (Lipinski definition) is 2. The maximum atomic E-state index is 12.0. The van der Waals surface area contributed by atoms with Gasteiger partial charge in [0.15, 0.2) is 5.71 Å². The fourth-order valence-electron chi connectivity index (χ4n) is 1.98. The maximum Gasteiger partial charge on any atom is 0.201 e. The molecule has 0 saturated carbocycles. The average molecular weight is 257 g/mol. The minimum atomic E-state index is -0.167. The molecule has 0 amide bonds. The van der Waals surface area contributed by atoms with E-state index in [0.717, 1.165) is 11.3 Å². The van der Waals surface area contributed by atoms with E-state index in [9.17, 15) is 9.90 Å². The van der Waals surface area contributed by atoms with Gasteiger partial charge in [-0.2, -0.15) is 0 Å². The topological polar surface area (TPSA) is 66.1 Å². The molecule has 1 aliphatic carbocycles. The number of carbonyl (C=O) groups is 1. The third kappa shape index (κ3) is 2.29. The van der Waals surface area contributed by atoms with Crippen LogP contribution in [0.15, 0.2) is 41.7 Å². The van der Waals surface area contributed by atoms with E-state index in [-0.39, 0.29) is 17.1 Å². The highest BCUT2D eigenvalue weighted by Crippen LogP contribution is 2.36. The van der Waals surface area contributed by atoms with Crippen molar-refractivity contribution in [2.75, 3.05) is 19.0 Å². The van der Waals surface area contributed by atoms with Crippen molar-refractivity contribution in [3.63, 3.8) is 0 Å². The Labute approximate surface area is 112 Å². The summed E-state index contributed by atoms with van der Waals surface area (Å²) >= 11 is 0. The van der Waals surface area contributed by atoms with Crippen molar-refractivity contribution in [1.29, 1.82) is 0 Å². The van der Waals surface area contributed by atoms with Gasteiger partial charge in [-0.25, -0.2) is 0 Å². The zero-order chi connectivity index (χ0) is 14.2. The molecule has 0 bridgehead atoms. The number of Topliss-reactive ketones (excluding diaryl/α,β-unsaturated/α-hetero) is 1. The quantitative estimate of drug-likeness (QED) is 0.620. The van der Waals surface area contributed by atoms with Crippen LogP contribution in [0.3, 0.4) is 0 Å². The first-order chi connectivity index (χ1) is 8.91. The molecule has 0 aliphatic heterocycles. The molecular weight excluding hydrogens is 240 g/mol. The van der Waals surface area contributed by atoms with Crippen molar-refractivity contribution in [2.24, 2.45) is 0 Å². The number of carbonyl (C=O) groups excluding carboxylic acids is 1. The molecule has 0 atom stereocenters. The van der Waals surface area contributed by atoms with Gasteiger partial charge in [-0.05, 0) is 17.7 Å². The zero-order valence-corrected chi connectivity index (χ0v) is 11.3. The summed E-state index contributed by atoms with van der Waals surface area (Å²) in [4.78, 5) is 13.9. The molecule has 0 unspecified atom stereocenters. The number of aliphatic hydroxyl groups is 1. The second-order valence-electron chi connectivity index (χ2n) is 4.80. The molecule has 1 aliphatic rings. The lowest BCUT2D eigenvalue weighted by atomic mass is 9.83. The van der Waals surface area contributed by atoms with Crippen LogP contribution in [-0.4, -0.2) is 30.7 Å². The molecule has 4 nitrogen and oxygen atoms in total. The number of ketones is 1. The molecule has 0 heterocycles. The molecule has 0 radical (unpaired) electrons. The molecule has 2 rings (SSSR count). The molecule has 19 heavy (non-hydrogen) atoms. The third-order valence-corrected chi connectivity index (χ3v) is 3.01. The van der Waals surface area contributed by atoms with Gasteiger partial charge in [-0.1, -0.05) is 12.1 Å². The molecule has 1 aromatic carbocycles. The Hall–Kier alpha value is -2.36. The molecule has 0 spiro atoms. The van der Waals surface area contributed by atoms with Gasteiger partial charge in [0.05, 0.1) is 11.1 Å². The van der Waals surface area contributed by atoms with E-state index in [2.05, 4.69) is 0 Å². The van der Waals surface area contributed by atoms with Crippen LogP contribution in [0.2, 0.25) is 0 Å². The average Bonchev–Trinajstić information content (AvgIpc) is 2.37. The monoisotopic (exact) mass is 257 g/mol. The van der Waals surface area contributed by atoms with E-state index in [1.807, 2.05) is 43.3 Å². The minimum absolute atomic E-state index is 0.0207. The summed E-state index contributed by atoms with van der Waals surface area (Å²) in [5, 5.41) is 15.4. The number of anilines is 1. The van der Waals surface area contributed by atoms with Crippen molar-refractivity contribution in [2.45, 2.75) is 6.92 Å². The van der Waals surface area contributed by atoms with Crippen LogP contribution in [-0.2, 0) is 4.79 Å². The zero-order valence-electron chi connectivity index (χ0n) is 11.3. The molecule has 0 aromatic heterocycles. The van der Waals surface area contributed by atoms with Gasteiger partial charge in [-0.3, -0.25) is 10.2 Å². The van der Waals surface area contributed by atoms with Crippen LogP contribution in [0, 0.1) is 0 Å². The van der Waals surface area contributed by atoms with Crippen molar-refractivity contribution < 1.29 is 15.3 Å². The largest absolute Gasteiger partial charge is 0.506 e. The smallest absolute Gasteiger partial charge is 0.201 e. The number of nitrogens with two attached hydrogens (primary N) is 1. The Kier molecular flexibility index (Phi) is 3.25. The standard InChI is InChI=1S/C15H16N2O2/c1-9(16)8-12-14(18)13(15(12)19)10-4-6-11(7-5-10)17(2)3/h4-8,16,18H,1-3H3/p+1/b12-8-,16-9?. The number of allylic oxidation sites excluding steroid dienone is 3. The van der Waals surface area contributed by atoms with Crippen LogP contribution in [0.5, 0.6) is 0 Å². The van der Waals surface area contributed by atoms with E-state index in [1.165, 1.54) is 6.08 Å². The van der Waals surface area contributed by atoms with Crippen molar-refractivity contribution in [3.8, 4) is 0 Å². The van der Waals surface area contributed by atoms with Gasteiger partial charge in [0.1, 0.15) is 5.76 Å². The summed E-state index contributed by atoms with van der Waals surface area (Å²) in [6, 6.07) is 7.47. The van der Waals surface area contributed by atoms with Crippen molar-refractivity contribution in [3.05, 3.63) is 47.2 Å². The molecule has 4 heteroatoms. The highest BCUT2D eigenvalue weighted by atomic mass is 16.3. The number of aliphatic hydroxyl groups excluding tert-OH is 1. The Bertz CT molecular complexity index is 608. The fourth-order valence-corrected chi connectivity index (χ4v) is 1.98. The highest BCUT2D eigenvalue weighted by Gasteiger charge is 2.34. The SMILES string of the molecule is CC(=[NH2+])/C=C1\C(=O)C(c2ccc(N(C)C)cc2)=C1O. The fraction of sp³-hybridized carbons (Fsp3) is 0.200. The van der Waals surface area contributed by atoms with Gasteiger partial charge in [0.2, 0.25) is 5.78 Å². The molecule has 0 fully saturated rings. The maximum absolute atomic E-state index is 12.0. The summed E-state index contributed by atoms with van der Waals surface area (Å²) in [6.45, 7) is 1.68. The second kappa shape index (κ2) is 4.72. The van der Waals surface area contributed by atoms with E-state index < -0.39 is 0 Å². The Morgan fingerprint density at radius 1 is 1.26 bits per heavy atom. The molecule has 1 aromatic rings. The minimum Gasteiger partial charge on any atom is -0.506 e. The predicted molar refractivity (Wildman–Crippen MR) is 76.0 cm³/mol. The number of nitrogens with zero attached hydrogens (tertiary/aromatic N) is 1. The number of benzene rings is 1.